The van der Waals surface area contributed by atoms with Crippen LogP contribution in [0.15, 0.2) is 71.6 Å². The van der Waals surface area contributed by atoms with Gasteiger partial charge >= 0.3 is 0 Å². The normalized spacial score (nSPS) is 17.5. The van der Waals surface area contributed by atoms with E-state index >= 15 is 0 Å². The number of hydrogen-bond acceptors (Lipinski definition) is 4. The van der Waals surface area contributed by atoms with Crippen LogP contribution < -0.4 is 14.8 Å². The fourth-order valence-corrected chi connectivity index (χ4v) is 5.34. The quantitative estimate of drug-likeness (QED) is 0.454. The molecule has 166 valence electrons. The van der Waals surface area contributed by atoms with Crippen molar-refractivity contribution in [2.75, 3.05) is 17.1 Å². The highest BCUT2D eigenvalue weighted by Gasteiger charge is 2.44. The van der Waals surface area contributed by atoms with Gasteiger partial charge in [-0.1, -0.05) is 53.5 Å². The molecule has 1 saturated carbocycles. The molecule has 1 fully saturated rings. The summed E-state index contributed by atoms with van der Waals surface area (Å²) in [5.41, 5.74) is 1.53. The minimum absolute atomic E-state index is 0.0482. The number of anilines is 2. The van der Waals surface area contributed by atoms with Crippen LogP contribution in [-0.2, 0) is 14.8 Å². The minimum Gasteiger partial charge on any atom is -0.495 e. The smallest absolute Gasteiger partial charge is 0.265 e. The van der Waals surface area contributed by atoms with Gasteiger partial charge in [0, 0.05) is 16.6 Å². The molecule has 3 aromatic carbocycles. The molecule has 2 N–H and O–H groups in total. The molecule has 3 aromatic rings. The number of ether oxygens (including phenoxy) is 1. The van der Waals surface area contributed by atoms with Crippen molar-refractivity contribution in [1.29, 1.82) is 0 Å². The molecule has 0 bridgehead atoms. The van der Waals surface area contributed by atoms with Crippen molar-refractivity contribution < 1.29 is 17.9 Å². The molecule has 9 heteroatoms. The number of amides is 1. The molecule has 1 aliphatic carbocycles. The standard InChI is InChI=1S/C23H20Cl2N2O4S/c1-31-21-11-10-14(12-22(21)32(29,30)27-20-9-5-4-8-19(20)25)26-23(28)17-13-16(17)15-6-2-3-7-18(15)24/h2-12,16-17,27H,13H2,1H3,(H,26,28). The first-order valence-electron chi connectivity index (χ1n) is 9.81. The van der Waals surface area contributed by atoms with Crippen LogP contribution in [0.5, 0.6) is 5.75 Å². The van der Waals surface area contributed by atoms with Crippen LogP contribution >= 0.6 is 23.2 Å². The lowest BCUT2D eigenvalue weighted by molar-refractivity contribution is -0.117. The van der Waals surface area contributed by atoms with E-state index in [-0.39, 0.29) is 39.1 Å². The first-order chi connectivity index (χ1) is 15.3. The van der Waals surface area contributed by atoms with Crippen LogP contribution in [0.3, 0.4) is 0 Å². The fourth-order valence-electron chi connectivity index (χ4n) is 3.55. The Kier molecular flexibility index (Phi) is 6.33. The van der Waals surface area contributed by atoms with Crippen molar-refractivity contribution >= 4 is 50.5 Å². The molecule has 0 radical (unpaired) electrons. The number of carbonyl (C=O) groups is 1. The molecule has 6 nitrogen and oxygen atoms in total. The van der Waals surface area contributed by atoms with Crippen molar-refractivity contribution in [2.45, 2.75) is 17.2 Å². The Morgan fingerprint density at radius 3 is 2.38 bits per heavy atom. The number of sulfonamides is 1. The molecule has 0 saturated heterocycles. The van der Waals surface area contributed by atoms with Gasteiger partial charge in [0.25, 0.3) is 10.0 Å². The first-order valence-corrected chi connectivity index (χ1v) is 12.0. The molecule has 0 aliphatic heterocycles. The Morgan fingerprint density at radius 2 is 1.69 bits per heavy atom. The summed E-state index contributed by atoms with van der Waals surface area (Å²) in [6, 6.07) is 18.4. The van der Waals surface area contributed by atoms with E-state index in [0.717, 1.165) is 5.56 Å². The maximum atomic E-state index is 13.0. The maximum absolute atomic E-state index is 13.0. The highest BCUT2D eigenvalue weighted by atomic mass is 35.5. The third-order valence-corrected chi connectivity index (χ3v) is 7.33. The van der Waals surface area contributed by atoms with Crippen molar-refractivity contribution in [1.82, 2.24) is 0 Å². The van der Waals surface area contributed by atoms with Crippen molar-refractivity contribution in [3.8, 4) is 5.75 Å². The van der Waals surface area contributed by atoms with E-state index in [1.165, 1.54) is 19.2 Å². The minimum atomic E-state index is -4.03. The zero-order chi connectivity index (χ0) is 22.9. The van der Waals surface area contributed by atoms with E-state index in [9.17, 15) is 13.2 Å². The molecule has 1 aliphatic rings. The van der Waals surface area contributed by atoms with Gasteiger partial charge in [-0.2, -0.15) is 0 Å². The summed E-state index contributed by atoms with van der Waals surface area (Å²) in [5.74, 6) is -0.226. The zero-order valence-corrected chi connectivity index (χ0v) is 19.3. The van der Waals surface area contributed by atoms with E-state index in [1.807, 2.05) is 18.2 Å². The van der Waals surface area contributed by atoms with E-state index in [0.29, 0.717) is 17.1 Å². The van der Waals surface area contributed by atoms with E-state index in [1.54, 1.807) is 36.4 Å². The summed E-state index contributed by atoms with van der Waals surface area (Å²) < 4.78 is 33.7. The van der Waals surface area contributed by atoms with Gasteiger partial charge in [0.05, 0.1) is 17.8 Å². The molecule has 0 aromatic heterocycles. The third-order valence-electron chi connectivity index (χ3n) is 5.27. The predicted octanol–water partition coefficient (Wildman–Crippen LogP) is 5.55. The second-order valence-corrected chi connectivity index (χ2v) is 9.88. The number of nitrogens with one attached hydrogen (secondary N) is 2. The Hall–Kier alpha value is -2.74. The molecule has 2 unspecified atom stereocenters. The number of carbonyl (C=O) groups excluding carboxylic acids is 1. The first kappa shape index (κ1) is 22.5. The summed E-state index contributed by atoms with van der Waals surface area (Å²) in [6.07, 6.45) is 0.685. The van der Waals surface area contributed by atoms with E-state index in [2.05, 4.69) is 10.0 Å². The lowest BCUT2D eigenvalue weighted by Gasteiger charge is -2.14. The van der Waals surface area contributed by atoms with Crippen molar-refractivity contribution in [2.24, 2.45) is 5.92 Å². The van der Waals surface area contributed by atoms with Crippen LogP contribution in [0.4, 0.5) is 11.4 Å². The van der Waals surface area contributed by atoms with Gasteiger partial charge in [-0.05, 0) is 54.3 Å². The second-order valence-electron chi connectivity index (χ2n) is 7.41. The van der Waals surface area contributed by atoms with Crippen LogP contribution in [-0.4, -0.2) is 21.4 Å². The molecular formula is C23H20Cl2N2O4S. The number of para-hydroxylation sites is 1. The number of rotatable bonds is 7. The molecule has 4 rings (SSSR count). The highest BCUT2D eigenvalue weighted by molar-refractivity contribution is 7.92. The number of benzene rings is 3. The molecule has 0 heterocycles. The average molecular weight is 491 g/mol. The van der Waals surface area contributed by atoms with E-state index < -0.39 is 10.0 Å². The fraction of sp³-hybridized carbons (Fsp3) is 0.174. The SMILES string of the molecule is COc1ccc(NC(=O)C2CC2c2ccccc2Cl)cc1S(=O)(=O)Nc1ccccc1Cl. The number of methoxy groups -OCH3 is 1. The maximum Gasteiger partial charge on any atom is 0.265 e. The lowest BCUT2D eigenvalue weighted by Crippen LogP contribution is -2.17. The zero-order valence-electron chi connectivity index (χ0n) is 17.0. The molecule has 2 atom stereocenters. The largest absolute Gasteiger partial charge is 0.495 e. The number of hydrogen-bond donors (Lipinski definition) is 2. The van der Waals surface area contributed by atoms with Crippen molar-refractivity contribution in [3.63, 3.8) is 0 Å². The summed E-state index contributed by atoms with van der Waals surface area (Å²) in [5, 5.41) is 3.70. The molecule has 1 amide bonds. The van der Waals surface area contributed by atoms with Crippen LogP contribution in [0.2, 0.25) is 10.0 Å². The summed E-state index contributed by atoms with van der Waals surface area (Å²) in [6.45, 7) is 0. The van der Waals surface area contributed by atoms with E-state index in [4.69, 9.17) is 27.9 Å². The monoisotopic (exact) mass is 490 g/mol. The van der Waals surface area contributed by atoms with Crippen LogP contribution in [0.25, 0.3) is 0 Å². The van der Waals surface area contributed by atoms with Gasteiger partial charge in [-0.15, -0.1) is 0 Å². The Balaban J connectivity index is 1.54. The predicted molar refractivity (Wildman–Crippen MR) is 126 cm³/mol. The number of halogens is 2. The van der Waals surface area contributed by atoms with Crippen LogP contribution in [0.1, 0.15) is 17.9 Å². The topological polar surface area (TPSA) is 84.5 Å². The average Bonchev–Trinajstić information content (AvgIpc) is 3.56. The Bertz CT molecular complexity index is 1280. The molecule has 32 heavy (non-hydrogen) atoms. The molecule has 0 spiro atoms. The highest BCUT2D eigenvalue weighted by Crippen LogP contribution is 2.50. The summed E-state index contributed by atoms with van der Waals surface area (Å²) in [7, 11) is -2.65. The van der Waals surface area contributed by atoms with Crippen LogP contribution in [0, 0.1) is 5.92 Å². The lowest BCUT2D eigenvalue weighted by atomic mass is 10.1. The van der Waals surface area contributed by atoms with Gasteiger partial charge in [-0.3, -0.25) is 9.52 Å². The van der Waals surface area contributed by atoms with Gasteiger partial charge in [-0.25, -0.2) is 8.42 Å². The van der Waals surface area contributed by atoms with Gasteiger partial charge < -0.3 is 10.1 Å². The molecular weight excluding hydrogens is 471 g/mol. The van der Waals surface area contributed by atoms with Crippen molar-refractivity contribution in [3.05, 3.63) is 82.3 Å². The second kappa shape index (κ2) is 9.02. The third kappa shape index (κ3) is 4.70. The van der Waals surface area contributed by atoms with Gasteiger partial charge in [0.1, 0.15) is 10.6 Å². The Morgan fingerprint density at radius 1 is 1.00 bits per heavy atom. The van der Waals surface area contributed by atoms with Gasteiger partial charge in [0.2, 0.25) is 5.91 Å². The summed E-state index contributed by atoms with van der Waals surface area (Å²) >= 11 is 12.3. The summed E-state index contributed by atoms with van der Waals surface area (Å²) in [4.78, 5) is 12.6. The Labute approximate surface area is 196 Å². The van der Waals surface area contributed by atoms with Gasteiger partial charge in [0.15, 0.2) is 0 Å².